The first kappa shape index (κ1) is 15.9. The third-order valence-corrected chi connectivity index (χ3v) is 3.82. The van der Waals surface area contributed by atoms with E-state index in [0.717, 1.165) is 0 Å². The van der Waals surface area contributed by atoms with E-state index in [9.17, 15) is 9.59 Å². The van der Waals surface area contributed by atoms with Gasteiger partial charge in [0.2, 0.25) is 5.91 Å². The summed E-state index contributed by atoms with van der Waals surface area (Å²) >= 11 is 3.38. The molecule has 0 atom stereocenters. The van der Waals surface area contributed by atoms with Gasteiger partial charge in [0.15, 0.2) is 0 Å². The number of anilines is 1. The number of piperazine rings is 1. The van der Waals surface area contributed by atoms with Crippen molar-refractivity contribution >= 4 is 33.6 Å². The summed E-state index contributed by atoms with van der Waals surface area (Å²) in [6.07, 6.45) is 0. The highest BCUT2D eigenvalue weighted by Gasteiger charge is 2.42. The van der Waals surface area contributed by atoms with Gasteiger partial charge < -0.3 is 4.90 Å². The number of nitrogens with zero attached hydrogens (tertiary/aromatic N) is 3. The van der Waals surface area contributed by atoms with Crippen molar-refractivity contribution in [2.75, 3.05) is 11.4 Å². The summed E-state index contributed by atoms with van der Waals surface area (Å²) in [6, 6.07) is 1.73. The molecule has 2 rings (SSSR count). The van der Waals surface area contributed by atoms with Gasteiger partial charge >= 0.3 is 0 Å². The number of hydrogen-bond acceptors (Lipinski definition) is 5. The van der Waals surface area contributed by atoms with Gasteiger partial charge in [-0.25, -0.2) is 9.97 Å². The third-order valence-electron chi connectivity index (χ3n) is 3.41. The maximum atomic E-state index is 12.0. The Kier molecular flexibility index (Phi) is 3.82. The first-order valence-corrected chi connectivity index (χ1v) is 7.48. The summed E-state index contributed by atoms with van der Waals surface area (Å²) in [7, 11) is 0. The summed E-state index contributed by atoms with van der Waals surface area (Å²) < 4.78 is 0.631. The van der Waals surface area contributed by atoms with Crippen LogP contribution in [-0.4, -0.2) is 33.9 Å². The van der Waals surface area contributed by atoms with E-state index in [1.165, 1.54) is 0 Å². The van der Waals surface area contributed by atoms with Gasteiger partial charge in [-0.05, 0) is 29.8 Å². The molecule has 0 aliphatic carbocycles. The fraction of sp³-hybridized carbons (Fsp3) is 0.571. The van der Waals surface area contributed by atoms with Gasteiger partial charge in [0.1, 0.15) is 21.8 Å². The molecule has 6 nitrogen and oxygen atoms in total. The van der Waals surface area contributed by atoms with E-state index in [0.29, 0.717) is 16.2 Å². The van der Waals surface area contributed by atoms with Crippen molar-refractivity contribution in [3.05, 3.63) is 16.5 Å². The van der Waals surface area contributed by atoms with Crippen LogP contribution >= 0.6 is 15.9 Å². The molecule has 21 heavy (non-hydrogen) atoms. The number of nitrogens with one attached hydrogen (secondary N) is 1. The molecule has 7 heteroatoms. The molecule has 2 heterocycles. The molecule has 1 aromatic heterocycles. The van der Waals surface area contributed by atoms with E-state index in [4.69, 9.17) is 0 Å². The van der Waals surface area contributed by atoms with Gasteiger partial charge in [0, 0.05) is 11.5 Å². The predicted molar refractivity (Wildman–Crippen MR) is 83.0 cm³/mol. The molecule has 0 spiro atoms. The first-order chi connectivity index (χ1) is 9.51. The first-order valence-electron chi connectivity index (χ1n) is 6.69. The third kappa shape index (κ3) is 3.07. The lowest BCUT2D eigenvalue weighted by Gasteiger charge is -2.41. The fourth-order valence-electron chi connectivity index (χ4n) is 2.03. The Balaban J connectivity index is 2.52. The zero-order valence-corrected chi connectivity index (χ0v) is 14.4. The van der Waals surface area contributed by atoms with Crippen LogP contribution in [0.5, 0.6) is 0 Å². The number of carbonyl (C=O) groups excluding carboxylic acids is 2. The maximum Gasteiger partial charge on any atom is 0.251 e. The maximum absolute atomic E-state index is 12.0. The number of imide groups is 1. The molecule has 0 saturated carbocycles. The molecule has 1 fully saturated rings. The summed E-state index contributed by atoms with van der Waals surface area (Å²) in [5.41, 5.74) is -1.08. The van der Waals surface area contributed by atoms with Crippen LogP contribution in [0.2, 0.25) is 0 Å². The van der Waals surface area contributed by atoms with E-state index in [-0.39, 0.29) is 23.8 Å². The Labute approximate surface area is 132 Å². The molecule has 1 aliphatic heterocycles. The fourth-order valence-corrected chi connectivity index (χ4v) is 2.40. The second-order valence-electron chi connectivity index (χ2n) is 6.64. The van der Waals surface area contributed by atoms with Crippen LogP contribution in [0.15, 0.2) is 10.7 Å². The SMILES string of the molecule is CC(C)(C)c1nc(Br)cc(N2CC(=O)NC(=O)C2(C)C)n1. The Morgan fingerprint density at radius 1 is 1.29 bits per heavy atom. The minimum absolute atomic E-state index is 0.0891. The monoisotopic (exact) mass is 354 g/mol. The largest absolute Gasteiger partial charge is 0.333 e. The molecule has 1 aliphatic rings. The Hall–Kier alpha value is -1.50. The van der Waals surface area contributed by atoms with Crippen LogP contribution < -0.4 is 10.2 Å². The average Bonchev–Trinajstić information content (AvgIpc) is 2.32. The molecule has 2 amide bonds. The van der Waals surface area contributed by atoms with E-state index >= 15 is 0 Å². The smallest absolute Gasteiger partial charge is 0.251 e. The van der Waals surface area contributed by atoms with Crippen LogP contribution in [0.3, 0.4) is 0 Å². The molecule has 0 unspecified atom stereocenters. The number of carbonyl (C=O) groups is 2. The second kappa shape index (κ2) is 5.05. The van der Waals surface area contributed by atoms with Gasteiger partial charge in [0.05, 0.1) is 6.54 Å². The van der Waals surface area contributed by atoms with E-state index < -0.39 is 5.54 Å². The number of hydrogen-bond donors (Lipinski definition) is 1. The Bertz CT molecular complexity index is 607. The van der Waals surface area contributed by atoms with Crippen molar-refractivity contribution in [3.8, 4) is 0 Å². The summed E-state index contributed by atoms with van der Waals surface area (Å²) in [5.74, 6) is 0.563. The highest BCUT2D eigenvalue weighted by molar-refractivity contribution is 9.10. The highest BCUT2D eigenvalue weighted by atomic mass is 79.9. The van der Waals surface area contributed by atoms with Gasteiger partial charge in [-0.1, -0.05) is 20.8 Å². The van der Waals surface area contributed by atoms with Crippen molar-refractivity contribution in [1.82, 2.24) is 15.3 Å². The summed E-state index contributed by atoms with van der Waals surface area (Å²) in [6.45, 7) is 9.65. The molecular formula is C14H19BrN4O2. The van der Waals surface area contributed by atoms with Gasteiger partial charge in [-0.2, -0.15) is 0 Å². The van der Waals surface area contributed by atoms with Gasteiger partial charge in [0.25, 0.3) is 5.91 Å². The Morgan fingerprint density at radius 2 is 1.90 bits per heavy atom. The topological polar surface area (TPSA) is 75.2 Å². The lowest BCUT2D eigenvalue weighted by Crippen LogP contribution is -2.64. The lowest BCUT2D eigenvalue weighted by atomic mass is 9.95. The van der Waals surface area contributed by atoms with Gasteiger partial charge in [-0.3, -0.25) is 14.9 Å². The summed E-state index contributed by atoms with van der Waals surface area (Å²) in [5, 5.41) is 2.35. The lowest BCUT2D eigenvalue weighted by molar-refractivity contribution is -0.135. The van der Waals surface area contributed by atoms with Crippen molar-refractivity contribution in [3.63, 3.8) is 0 Å². The van der Waals surface area contributed by atoms with E-state index in [1.807, 2.05) is 20.8 Å². The molecule has 114 valence electrons. The molecule has 1 saturated heterocycles. The van der Waals surface area contributed by atoms with Crippen molar-refractivity contribution in [2.45, 2.75) is 45.6 Å². The van der Waals surface area contributed by atoms with Crippen LogP contribution in [-0.2, 0) is 15.0 Å². The quantitative estimate of drug-likeness (QED) is 0.614. The van der Waals surface area contributed by atoms with Crippen LogP contribution in [0.25, 0.3) is 0 Å². The molecule has 0 radical (unpaired) electrons. The standard InChI is InChI=1S/C14H19BrN4O2/c1-13(2,3)11-16-8(15)6-9(17-11)19-7-10(20)18-12(21)14(19,4)5/h6H,7H2,1-5H3,(H,18,20,21). The molecule has 1 N–H and O–H groups in total. The molecule has 1 aromatic rings. The van der Waals surface area contributed by atoms with Crippen LogP contribution in [0.4, 0.5) is 5.82 Å². The predicted octanol–water partition coefficient (Wildman–Crippen LogP) is 1.78. The van der Waals surface area contributed by atoms with Crippen molar-refractivity contribution in [2.24, 2.45) is 0 Å². The zero-order chi connectivity index (χ0) is 16.0. The molecular weight excluding hydrogens is 336 g/mol. The average molecular weight is 355 g/mol. The van der Waals surface area contributed by atoms with E-state index in [2.05, 4.69) is 31.2 Å². The molecule has 0 aromatic carbocycles. The number of rotatable bonds is 1. The second-order valence-corrected chi connectivity index (χ2v) is 7.46. The van der Waals surface area contributed by atoms with Crippen LogP contribution in [0, 0.1) is 0 Å². The van der Waals surface area contributed by atoms with E-state index in [1.54, 1.807) is 24.8 Å². The molecule has 0 bridgehead atoms. The van der Waals surface area contributed by atoms with Crippen molar-refractivity contribution < 1.29 is 9.59 Å². The highest BCUT2D eigenvalue weighted by Crippen LogP contribution is 2.29. The van der Waals surface area contributed by atoms with Gasteiger partial charge in [-0.15, -0.1) is 0 Å². The minimum Gasteiger partial charge on any atom is -0.333 e. The number of aromatic nitrogens is 2. The zero-order valence-electron chi connectivity index (χ0n) is 12.8. The normalized spacial score (nSPS) is 18.7. The number of halogens is 1. The number of amides is 2. The summed E-state index contributed by atoms with van der Waals surface area (Å²) in [4.78, 5) is 34.4. The van der Waals surface area contributed by atoms with Crippen LogP contribution in [0.1, 0.15) is 40.4 Å². The van der Waals surface area contributed by atoms with Crippen molar-refractivity contribution in [1.29, 1.82) is 0 Å². The minimum atomic E-state index is -0.850. The Morgan fingerprint density at radius 3 is 2.48 bits per heavy atom.